The second-order valence-electron chi connectivity index (χ2n) is 6.34. The Bertz CT molecular complexity index is 753. The van der Waals surface area contributed by atoms with Gasteiger partial charge in [-0.05, 0) is 43.0 Å². The van der Waals surface area contributed by atoms with Crippen LogP contribution in [0.3, 0.4) is 0 Å². The third-order valence-corrected chi connectivity index (χ3v) is 4.48. The minimum absolute atomic E-state index is 0.00286. The van der Waals surface area contributed by atoms with Gasteiger partial charge in [0.1, 0.15) is 11.5 Å². The summed E-state index contributed by atoms with van der Waals surface area (Å²) in [6.07, 6.45) is 5.53. The summed E-state index contributed by atoms with van der Waals surface area (Å²) < 4.78 is 5.28. The van der Waals surface area contributed by atoms with E-state index < -0.39 is 0 Å². The van der Waals surface area contributed by atoms with Gasteiger partial charge in [-0.25, -0.2) is 0 Å². The number of aliphatic imine (C=N–C) groups is 1. The zero-order valence-electron chi connectivity index (χ0n) is 16.1. The van der Waals surface area contributed by atoms with Crippen molar-refractivity contribution >= 4 is 11.6 Å². The first-order valence-electron chi connectivity index (χ1n) is 9.29. The van der Waals surface area contributed by atoms with Crippen LogP contribution in [0.2, 0.25) is 0 Å². The molecule has 0 spiro atoms. The van der Waals surface area contributed by atoms with Crippen molar-refractivity contribution in [1.29, 1.82) is 0 Å². The van der Waals surface area contributed by atoms with E-state index in [1.54, 1.807) is 17.0 Å². The average Bonchev–Trinajstić information content (AvgIpc) is 3.12. The molecule has 0 fully saturated rings. The molecule has 1 aromatic rings. The molecule has 0 unspecified atom stereocenters. The van der Waals surface area contributed by atoms with E-state index in [4.69, 9.17) is 4.74 Å². The van der Waals surface area contributed by atoms with Crippen LogP contribution in [0.25, 0.3) is 0 Å². The maximum atomic E-state index is 12.8. The first-order chi connectivity index (χ1) is 13.0. The second-order valence-corrected chi connectivity index (χ2v) is 6.34. The van der Waals surface area contributed by atoms with Crippen LogP contribution in [0.1, 0.15) is 42.6 Å². The number of benzene rings is 1. The minimum atomic E-state index is -0.273. The zero-order chi connectivity index (χ0) is 19.8. The third-order valence-electron chi connectivity index (χ3n) is 4.48. The highest BCUT2D eigenvalue weighted by molar-refractivity contribution is 5.99. The Morgan fingerprint density at radius 2 is 2.11 bits per heavy atom. The van der Waals surface area contributed by atoms with Gasteiger partial charge in [0.2, 0.25) is 0 Å². The summed E-state index contributed by atoms with van der Waals surface area (Å²) in [5, 5.41) is 19.9. The van der Waals surface area contributed by atoms with E-state index in [1.165, 1.54) is 6.07 Å². The number of allylic oxidation sites excluding steroid dienone is 1. The van der Waals surface area contributed by atoms with Crippen molar-refractivity contribution in [2.75, 3.05) is 26.3 Å². The van der Waals surface area contributed by atoms with Crippen LogP contribution < -0.4 is 0 Å². The summed E-state index contributed by atoms with van der Waals surface area (Å²) in [6, 6.07) is 2.79. The Balaban J connectivity index is 2.08. The van der Waals surface area contributed by atoms with Gasteiger partial charge in [0.15, 0.2) is 0 Å². The van der Waals surface area contributed by atoms with Crippen LogP contribution in [0.4, 0.5) is 0 Å². The molecule has 0 saturated carbocycles. The number of carbonyl (C=O) groups excluding carboxylic acids is 1. The smallest absolute Gasteiger partial charge is 0.261 e. The number of hydrogen-bond donors (Lipinski definition) is 2. The number of amides is 1. The van der Waals surface area contributed by atoms with Crippen molar-refractivity contribution in [2.24, 2.45) is 4.99 Å². The molecule has 0 aliphatic carbocycles. The standard InChI is InChI=1S/C21H28N2O4/c1-4-16-12-18(20(25)13-19(16)24)21(26)23-9-7-15(14-23)11-17(5-2)22-8-10-27-6-3/h5,12-14,24-25H,2,4,6-11H2,1,3H3. The number of rotatable bonds is 9. The van der Waals surface area contributed by atoms with Gasteiger partial charge in [0, 0.05) is 37.6 Å². The van der Waals surface area contributed by atoms with Crippen LogP contribution in [-0.2, 0) is 11.2 Å². The lowest BCUT2D eigenvalue weighted by atomic mass is 10.1. The topological polar surface area (TPSA) is 82.4 Å². The number of carbonyl (C=O) groups is 1. The Hall–Kier alpha value is -2.60. The molecule has 1 heterocycles. The van der Waals surface area contributed by atoms with Crippen molar-refractivity contribution in [3.63, 3.8) is 0 Å². The predicted molar refractivity (Wildman–Crippen MR) is 106 cm³/mol. The van der Waals surface area contributed by atoms with Crippen molar-refractivity contribution < 1.29 is 19.7 Å². The number of phenols is 2. The highest BCUT2D eigenvalue weighted by Crippen LogP contribution is 2.30. The Labute approximate surface area is 160 Å². The lowest BCUT2D eigenvalue weighted by molar-refractivity contribution is 0.0830. The number of hydrogen-bond acceptors (Lipinski definition) is 5. The van der Waals surface area contributed by atoms with Gasteiger partial charge in [0.25, 0.3) is 5.91 Å². The van der Waals surface area contributed by atoms with Gasteiger partial charge in [-0.3, -0.25) is 9.79 Å². The van der Waals surface area contributed by atoms with E-state index in [0.29, 0.717) is 44.7 Å². The molecule has 0 atom stereocenters. The van der Waals surface area contributed by atoms with Gasteiger partial charge in [-0.1, -0.05) is 13.5 Å². The number of aromatic hydroxyl groups is 2. The fraction of sp³-hybridized carbons (Fsp3) is 0.429. The lowest BCUT2D eigenvalue weighted by Gasteiger charge is -2.15. The third kappa shape index (κ3) is 5.44. The van der Waals surface area contributed by atoms with Crippen molar-refractivity contribution in [2.45, 2.75) is 33.1 Å². The van der Waals surface area contributed by atoms with Crippen LogP contribution in [-0.4, -0.2) is 53.0 Å². The molecule has 0 bridgehead atoms. The molecule has 0 saturated heterocycles. The monoisotopic (exact) mass is 372 g/mol. The van der Waals surface area contributed by atoms with Gasteiger partial charge in [-0.2, -0.15) is 0 Å². The molecular weight excluding hydrogens is 344 g/mol. The summed E-state index contributed by atoms with van der Waals surface area (Å²) >= 11 is 0. The largest absolute Gasteiger partial charge is 0.508 e. The number of aryl methyl sites for hydroxylation is 1. The predicted octanol–water partition coefficient (Wildman–Crippen LogP) is 3.44. The van der Waals surface area contributed by atoms with Gasteiger partial charge >= 0.3 is 0 Å². The molecule has 1 aromatic carbocycles. The van der Waals surface area contributed by atoms with E-state index in [-0.39, 0.29) is 23.0 Å². The van der Waals surface area contributed by atoms with E-state index in [1.807, 2.05) is 20.0 Å². The van der Waals surface area contributed by atoms with Crippen molar-refractivity contribution in [3.8, 4) is 11.5 Å². The van der Waals surface area contributed by atoms with Gasteiger partial charge < -0.3 is 19.8 Å². The number of phenolic OH excluding ortho intramolecular Hbond substituents is 2. The molecular formula is C21H28N2O4. The molecule has 27 heavy (non-hydrogen) atoms. The molecule has 6 heteroatoms. The molecule has 6 nitrogen and oxygen atoms in total. The summed E-state index contributed by atoms with van der Waals surface area (Å²) in [5.74, 6) is -0.477. The summed E-state index contributed by atoms with van der Waals surface area (Å²) in [7, 11) is 0. The molecule has 2 N–H and O–H groups in total. The van der Waals surface area contributed by atoms with Crippen LogP contribution in [0.5, 0.6) is 11.5 Å². The molecule has 0 radical (unpaired) electrons. The van der Waals surface area contributed by atoms with Gasteiger partial charge in [-0.15, -0.1) is 0 Å². The van der Waals surface area contributed by atoms with Crippen LogP contribution in [0.15, 0.2) is 41.6 Å². The van der Waals surface area contributed by atoms with Crippen molar-refractivity contribution in [3.05, 3.63) is 47.7 Å². The lowest BCUT2D eigenvalue weighted by Crippen LogP contribution is -2.23. The molecule has 1 aliphatic heterocycles. The van der Waals surface area contributed by atoms with Crippen LogP contribution in [0, 0.1) is 0 Å². The SMILES string of the molecule is C=CC(CC1=CN(C(=O)c2cc(CC)c(O)cc2O)CC1)=NCCOCC. The quantitative estimate of drug-likeness (QED) is 0.514. The fourth-order valence-electron chi connectivity index (χ4n) is 2.96. The summed E-state index contributed by atoms with van der Waals surface area (Å²) in [5.41, 5.74) is 2.80. The van der Waals surface area contributed by atoms with Crippen LogP contribution >= 0.6 is 0 Å². The van der Waals surface area contributed by atoms with E-state index in [9.17, 15) is 15.0 Å². The van der Waals surface area contributed by atoms with E-state index >= 15 is 0 Å². The Morgan fingerprint density at radius 3 is 2.78 bits per heavy atom. The fourth-order valence-corrected chi connectivity index (χ4v) is 2.96. The number of ether oxygens (including phenoxy) is 1. The molecule has 146 valence electrons. The van der Waals surface area contributed by atoms with Gasteiger partial charge in [0.05, 0.1) is 18.7 Å². The Kier molecular flexibility index (Phi) is 7.61. The summed E-state index contributed by atoms with van der Waals surface area (Å²) in [4.78, 5) is 18.8. The first kappa shape index (κ1) is 20.7. The molecule has 0 aromatic heterocycles. The maximum Gasteiger partial charge on any atom is 0.261 e. The zero-order valence-corrected chi connectivity index (χ0v) is 16.1. The minimum Gasteiger partial charge on any atom is -0.508 e. The maximum absolute atomic E-state index is 12.8. The summed E-state index contributed by atoms with van der Waals surface area (Å²) in [6.45, 7) is 10.0. The highest BCUT2D eigenvalue weighted by Gasteiger charge is 2.23. The second kappa shape index (κ2) is 9.92. The number of nitrogens with zero attached hydrogens (tertiary/aromatic N) is 2. The first-order valence-corrected chi connectivity index (χ1v) is 9.29. The highest BCUT2D eigenvalue weighted by atomic mass is 16.5. The van der Waals surface area contributed by atoms with Crippen molar-refractivity contribution in [1.82, 2.24) is 4.90 Å². The molecule has 2 rings (SSSR count). The normalized spacial score (nSPS) is 14.4. The Morgan fingerprint density at radius 1 is 1.33 bits per heavy atom. The average molecular weight is 372 g/mol. The van der Waals surface area contributed by atoms with E-state index in [0.717, 1.165) is 17.7 Å². The molecule has 1 amide bonds. The molecule has 1 aliphatic rings. The van der Waals surface area contributed by atoms with E-state index in [2.05, 4.69) is 11.6 Å².